The SMILES string of the molecule is CC(=O)O[C@H]1CC[C@@]2(C)C(=CC[C@@H]3[C@@H]2CC[C@@]2(C)[C@H]3C[C@H]3[C@H](c4ccc(Cl)cc4)N(c4ccccc4)O[C@]32C(C)=O)C1. The highest BCUT2D eigenvalue weighted by Gasteiger charge is 2.75. The third-order valence-electron chi connectivity index (χ3n) is 12.3. The molecule has 222 valence electrons. The summed E-state index contributed by atoms with van der Waals surface area (Å²) in [6.45, 7) is 8.10. The van der Waals surface area contributed by atoms with Gasteiger partial charge in [0.05, 0.1) is 11.7 Å². The van der Waals surface area contributed by atoms with Gasteiger partial charge in [-0.25, -0.2) is 5.06 Å². The fourth-order valence-electron chi connectivity index (χ4n) is 10.5. The van der Waals surface area contributed by atoms with Crippen LogP contribution in [0.2, 0.25) is 5.02 Å². The van der Waals surface area contributed by atoms with Gasteiger partial charge in [-0.05, 0) is 98.4 Å². The molecule has 1 heterocycles. The lowest BCUT2D eigenvalue weighted by molar-refractivity contribution is -0.171. The summed E-state index contributed by atoms with van der Waals surface area (Å²) in [6.07, 6.45) is 9.35. The monoisotopic (exact) mass is 587 g/mol. The Morgan fingerprint density at radius 3 is 2.38 bits per heavy atom. The lowest BCUT2D eigenvalue weighted by atomic mass is 9.46. The van der Waals surface area contributed by atoms with Gasteiger partial charge in [0.2, 0.25) is 0 Å². The molecule has 2 aromatic carbocycles. The highest BCUT2D eigenvalue weighted by Crippen LogP contribution is 2.73. The van der Waals surface area contributed by atoms with E-state index in [1.807, 2.05) is 35.4 Å². The fourth-order valence-corrected chi connectivity index (χ4v) is 10.6. The van der Waals surface area contributed by atoms with Gasteiger partial charge in [0.25, 0.3) is 0 Å². The van der Waals surface area contributed by atoms with Crippen LogP contribution in [-0.2, 0) is 19.2 Å². The number of nitrogens with zero attached hydrogens (tertiary/aromatic N) is 1. The lowest BCUT2D eigenvalue weighted by Gasteiger charge is -2.59. The van der Waals surface area contributed by atoms with Crippen molar-refractivity contribution in [2.24, 2.45) is 34.5 Å². The predicted molar refractivity (Wildman–Crippen MR) is 164 cm³/mol. The molecule has 0 bridgehead atoms. The molecule has 0 spiro atoms. The van der Waals surface area contributed by atoms with E-state index in [1.165, 1.54) is 12.5 Å². The average molecular weight is 588 g/mol. The number of benzene rings is 2. The Morgan fingerprint density at radius 1 is 0.952 bits per heavy atom. The molecule has 5 aliphatic rings. The zero-order valence-electron chi connectivity index (χ0n) is 25.1. The minimum atomic E-state index is -0.888. The number of hydrogen-bond acceptors (Lipinski definition) is 5. The van der Waals surface area contributed by atoms with Crippen molar-refractivity contribution in [3.8, 4) is 0 Å². The number of ketones is 1. The van der Waals surface area contributed by atoms with Crippen LogP contribution in [0.4, 0.5) is 5.69 Å². The Balaban J connectivity index is 1.28. The number of anilines is 1. The normalized spacial score (nSPS) is 40.3. The number of hydrogen-bond donors (Lipinski definition) is 0. The Kier molecular flexibility index (Phi) is 6.67. The molecule has 0 aromatic heterocycles. The molecular weight excluding hydrogens is 546 g/mol. The van der Waals surface area contributed by atoms with Gasteiger partial charge in [-0.3, -0.25) is 14.4 Å². The van der Waals surface area contributed by atoms with Gasteiger partial charge in [0, 0.05) is 29.7 Å². The van der Waals surface area contributed by atoms with Crippen molar-refractivity contribution in [2.45, 2.75) is 90.4 Å². The quantitative estimate of drug-likeness (QED) is 0.266. The number of carbonyl (C=O) groups excluding carboxylic acids is 2. The minimum Gasteiger partial charge on any atom is -0.462 e. The molecule has 42 heavy (non-hydrogen) atoms. The van der Waals surface area contributed by atoms with Crippen molar-refractivity contribution in [1.29, 1.82) is 0 Å². The smallest absolute Gasteiger partial charge is 0.302 e. The molecule has 0 unspecified atom stereocenters. The molecule has 0 N–H and O–H groups in total. The van der Waals surface area contributed by atoms with Gasteiger partial charge in [-0.2, -0.15) is 0 Å². The Morgan fingerprint density at radius 2 is 1.69 bits per heavy atom. The van der Waals surface area contributed by atoms with E-state index in [-0.39, 0.29) is 40.6 Å². The van der Waals surface area contributed by atoms with Crippen LogP contribution in [0.1, 0.15) is 84.2 Å². The Hall–Kier alpha value is -2.63. The summed E-state index contributed by atoms with van der Waals surface area (Å²) in [5.74, 6) is 1.45. The lowest BCUT2D eigenvalue weighted by Crippen LogP contribution is -2.58. The van der Waals surface area contributed by atoms with Crippen LogP contribution in [0.3, 0.4) is 0 Å². The van der Waals surface area contributed by atoms with E-state index in [2.05, 4.69) is 44.2 Å². The van der Waals surface area contributed by atoms with Gasteiger partial charge in [-0.15, -0.1) is 0 Å². The largest absolute Gasteiger partial charge is 0.462 e. The van der Waals surface area contributed by atoms with Crippen molar-refractivity contribution in [3.63, 3.8) is 0 Å². The Labute approximate surface area is 254 Å². The predicted octanol–water partition coefficient (Wildman–Crippen LogP) is 8.28. The van der Waals surface area contributed by atoms with Crippen molar-refractivity contribution in [1.82, 2.24) is 0 Å². The van der Waals surface area contributed by atoms with Gasteiger partial charge in [0.1, 0.15) is 6.10 Å². The molecule has 7 rings (SSSR count). The van der Waals surface area contributed by atoms with Gasteiger partial charge < -0.3 is 4.74 Å². The maximum Gasteiger partial charge on any atom is 0.302 e. The van der Waals surface area contributed by atoms with Crippen molar-refractivity contribution < 1.29 is 19.2 Å². The maximum absolute atomic E-state index is 14.1. The number of allylic oxidation sites excluding steroid dienone is 1. The zero-order valence-corrected chi connectivity index (χ0v) is 25.9. The van der Waals surface area contributed by atoms with E-state index in [0.717, 1.165) is 56.2 Å². The van der Waals surface area contributed by atoms with Crippen LogP contribution in [-0.4, -0.2) is 23.5 Å². The number of Topliss-reactive ketones (excluding diaryl/α,β-unsaturated/α-hetero) is 1. The summed E-state index contributed by atoms with van der Waals surface area (Å²) >= 11 is 6.33. The third kappa shape index (κ3) is 3.91. The van der Waals surface area contributed by atoms with Gasteiger partial charge >= 0.3 is 5.97 Å². The molecule has 0 amide bonds. The molecule has 4 aliphatic carbocycles. The first-order valence-corrected chi connectivity index (χ1v) is 16.1. The first-order chi connectivity index (χ1) is 20.1. The van der Waals surface area contributed by atoms with Crippen LogP contribution in [0, 0.1) is 34.5 Å². The van der Waals surface area contributed by atoms with Crippen LogP contribution in [0.5, 0.6) is 0 Å². The third-order valence-corrected chi connectivity index (χ3v) is 12.5. The van der Waals surface area contributed by atoms with Crippen LogP contribution >= 0.6 is 11.6 Å². The highest BCUT2D eigenvalue weighted by atomic mass is 35.5. The zero-order chi connectivity index (χ0) is 29.4. The number of rotatable bonds is 4. The van der Waals surface area contributed by atoms with Gasteiger partial charge in [0.15, 0.2) is 11.4 Å². The van der Waals surface area contributed by atoms with Crippen LogP contribution in [0.15, 0.2) is 66.2 Å². The summed E-state index contributed by atoms with van der Waals surface area (Å²) in [5.41, 5.74) is 2.56. The summed E-state index contributed by atoms with van der Waals surface area (Å²) in [5, 5.41) is 2.75. The number of fused-ring (bicyclic) bond motifs is 7. The second-order valence-corrected chi connectivity index (χ2v) is 14.5. The molecule has 0 radical (unpaired) electrons. The standard InChI is InChI=1S/C36H42ClNO4/c1-22(39)36-32(33(24-10-13-26(37)14-11-24)38(42-36)27-8-6-5-7-9-27)21-31-29-15-12-25-20-28(41-23(2)40)16-18-34(25,3)30(29)17-19-35(31,36)4/h5-14,28-33H,15-21H2,1-4H3/t28-,29+,30-,31-,32-,33-,34-,35-,36+/m0/s1. The van der Waals surface area contributed by atoms with Crippen molar-refractivity contribution >= 4 is 29.0 Å². The first kappa shape index (κ1) is 28.2. The van der Waals surface area contributed by atoms with E-state index in [0.29, 0.717) is 22.8 Å². The van der Waals surface area contributed by atoms with E-state index in [9.17, 15) is 9.59 Å². The number of esters is 1. The first-order valence-electron chi connectivity index (χ1n) is 15.7. The van der Waals surface area contributed by atoms with Crippen molar-refractivity contribution in [3.05, 3.63) is 76.8 Å². The summed E-state index contributed by atoms with van der Waals surface area (Å²) in [7, 11) is 0. The molecule has 1 saturated heterocycles. The average Bonchev–Trinajstić information content (AvgIpc) is 3.44. The van der Waals surface area contributed by atoms with Crippen molar-refractivity contribution in [2.75, 3.05) is 5.06 Å². The van der Waals surface area contributed by atoms with E-state index < -0.39 is 5.60 Å². The highest BCUT2D eigenvalue weighted by molar-refractivity contribution is 6.30. The summed E-state index contributed by atoms with van der Waals surface area (Å²) < 4.78 is 5.66. The number of hydroxylamine groups is 1. The van der Waals surface area contributed by atoms with Crippen LogP contribution in [0.25, 0.3) is 0 Å². The summed E-state index contributed by atoms with van der Waals surface area (Å²) in [6, 6.07) is 18.3. The second-order valence-electron chi connectivity index (χ2n) is 14.1. The molecule has 1 aliphatic heterocycles. The molecule has 9 atom stereocenters. The number of halogens is 1. The molecule has 3 saturated carbocycles. The minimum absolute atomic E-state index is 0.00319. The maximum atomic E-state index is 14.1. The Bertz CT molecular complexity index is 1420. The molecular formula is C36H42ClNO4. The molecule has 2 aromatic rings. The second kappa shape index (κ2) is 9.95. The van der Waals surface area contributed by atoms with Gasteiger partial charge in [-0.1, -0.05) is 67.4 Å². The van der Waals surface area contributed by atoms with Crippen LogP contribution < -0.4 is 5.06 Å². The molecule has 6 heteroatoms. The van der Waals surface area contributed by atoms with E-state index >= 15 is 0 Å². The molecule has 5 nitrogen and oxygen atoms in total. The van der Waals surface area contributed by atoms with E-state index in [4.69, 9.17) is 21.2 Å². The topological polar surface area (TPSA) is 55.8 Å². The number of ether oxygens (including phenoxy) is 1. The molecule has 4 fully saturated rings. The summed E-state index contributed by atoms with van der Waals surface area (Å²) in [4.78, 5) is 32.9. The number of para-hydroxylation sites is 1. The van der Waals surface area contributed by atoms with E-state index in [1.54, 1.807) is 6.92 Å². The fraction of sp³-hybridized carbons (Fsp3) is 0.556. The number of carbonyl (C=O) groups is 2.